The first-order chi connectivity index (χ1) is 12.3. The number of nitrogens with one attached hydrogen (secondary N) is 1. The predicted molar refractivity (Wildman–Crippen MR) is 83.9 cm³/mol. The first kappa shape index (κ1) is 19.3. The van der Waals surface area contributed by atoms with Gasteiger partial charge in [0.2, 0.25) is 5.82 Å². The molecule has 0 spiro atoms. The predicted octanol–water partition coefficient (Wildman–Crippen LogP) is 4.04. The summed E-state index contributed by atoms with van der Waals surface area (Å²) in [7, 11) is 0. The number of aromatic nitrogens is 4. The van der Waals surface area contributed by atoms with E-state index in [1.807, 2.05) is 0 Å². The van der Waals surface area contributed by atoms with E-state index in [1.54, 1.807) is 0 Å². The van der Waals surface area contributed by atoms with Crippen molar-refractivity contribution < 1.29 is 26.3 Å². The van der Waals surface area contributed by atoms with E-state index < -0.39 is 56.2 Å². The number of alkyl halides is 6. The van der Waals surface area contributed by atoms with Gasteiger partial charge in [-0.1, -0.05) is 23.2 Å². The van der Waals surface area contributed by atoms with Gasteiger partial charge in [0.05, 0.1) is 15.6 Å². The zero-order valence-electron chi connectivity index (χ0n) is 12.5. The van der Waals surface area contributed by atoms with E-state index in [2.05, 4.69) is 10.1 Å². The number of hydrogen-bond donors (Lipinski definition) is 2. The second-order valence-corrected chi connectivity index (χ2v) is 6.01. The lowest BCUT2D eigenvalue weighted by atomic mass is 10.2. The molecule has 0 aliphatic heterocycles. The number of aromatic amines is 1. The Balaban J connectivity index is 2.29. The third kappa shape index (κ3) is 3.30. The molecule has 2 aromatic heterocycles. The van der Waals surface area contributed by atoms with Gasteiger partial charge in [-0.3, -0.25) is 4.79 Å². The molecule has 0 aliphatic carbocycles. The molecule has 0 saturated carbocycles. The number of nitrogen functional groups attached to an aromatic ring is 1. The van der Waals surface area contributed by atoms with Crippen molar-refractivity contribution in [3.8, 4) is 5.69 Å². The van der Waals surface area contributed by atoms with E-state index in [0.717, 1.165) is 0 Å². The van der Waals surface area contributed by atoms with Crippen molar-refractivity contribution in [2.75, 3.05) is 5.73 Å². The highest BCUT2D eigenvalue weighted by molar-refractivity contribution is 6.38. The molecule has 3 N–H and O–H groups in total. The zero-order valence-corrected chi connectivity index (χ0v) is 14.0. The van der Waals surface area contributed by atoms with Gasteiger partial charge in [0.25, 0.3) is 5.56 Å². The Kier molecular flexibility index (Phi) is 4.30. The summed E-state index contributed by atoms with van der Waals surface area (Å²) in [5.74, 6) is -2.12. The van der Waals surface area contributed by atoms with Gasteiger partial charge in [0, 0.05) is 0 Å². The van der Waals surface area contributed by atoms with E-state index in [4.69, 9.17) is 28.9 Å². The summed E-state index contributed by atoms with van der Waals surface area (Å²) in [6.45, 7) is 0. The minimum Gasteiger partial charge on any atom is -0.383 e. The van der Waals surface area contributed by atoms with Gasteiger partial charge < -0.3 is 10.7 Å². The minimum atomic E-state index is -4.96. The minimum absolute atomic E-state index is 0.352. The summed E-state index contributed by atoms with van der Waals surface area (Å²) < 4.78 is 77.4. The molecule has 144 valence electrons. The van der Waals surface area contributed by atoms with Crippen LogP contribution in [0.4, 0.5) is 32.2 Å². The van der Waals surface area contributed by atoms with Crippen LogP contribution in [0.25, 0.3) is 16.7 Å². The molecule has 6 nitrogen and oxygen atoms in total. The monoisotopic (exact) mass is 431 g/mol. The van der Waals surface area contributed by atoms with E-state index in [1.165, 1.54) is 4.98 Å². The summed E-state index contributed by atoms with van der Waals surface area (Å²) in [6, 6.07) is 1.07. The Bertz CT molecular complexity index is 1090. The fourth-order valence-electron chi connectivity index (χ4n) is 2.26. The maximum absolute atomic E-state index is 12.8. The fourth-order valence-corrected chi connectivity index (χ4v) is 2.90. The highest BCUT2D eigenvalue weighted by Crippen LogP contribution is 2.38. The smallest absolute Gasteiger partial charge is 0.383 e. The van der Waals surface area contributed by atoms with Crippen LogP contribution in [0.5, 0.6) is 0 Å². The number of fused-ring (bicyclic) bond motifs is 1. The van der Waals surface area contributed by atoms with Crippen molar-refractivity contribution in [3.63, 3.8) is 0 Å². The van der Waals surface area contributed by atoms with Gasteiger partial charge in [0.15, 0.2) is 5.65 Å². The standard InChI is InChI=1S/C13H5Cl2F6N5O/c14-4-1-3(12(16,17)18)2-5(15)7(4)26-8(22)6-9(25-26)23-11(13(19,20)21)24-10(6)27/h1-2H,22H2,(H,23,24,25,27). The van der Waals surface area contributed by atoms with Crippen molar-refractivity contribution >= 4 is 40.1 Å². The number of nitrogens with zero attached hydrogens (tertiary/aromatic N) is 3. The third-order valence-corrected chi connectivity index (χ3v) is 3.98. The summed E-state index contributed by atoms with van der Waals surface area (Å²) in [5, 5.41) is 2.06. The zero-order chi connectivity index (χ0) is 20.3. The average Bonchev–Trinajstić information content (AvgIpc) is 2.82. The van der Waals surface area contributed by atoms with Gasteiger partial charge in [-0.25, -0.2) is 9.67 Å². The highest BCUT2D eigenvalue weighted by Gasteiger charge is 2.36. The molecule has 1 aromatic carbocycles. The van der Waals surface area contributed by atoms with Crippen molar-refractivity contribution in [2.24, 2.45) is 0 Å². The van der Waals surface area contributed by atoms with Crippen LogP contribution >= 0.6 is 23.2 Å². The number of nitrogens with two attached hydrogens (primary N) is 1. The molecular weight excluding hydrogens is 427 g/mol. The first-order valence-corrected chi connectivity index (χ1v) is 7.48. The van der Waals surface area contributed by atoms with Crippen LogP contribution < -0.4 is 11.3 Å². The third-order valence-electron chi connectivity index (χ3n) is 3.40. The number of anilines is 1. The summed E-state index contributed by atoms with van der Waals surface area (Å²) in [6.07, 6.45) is -9.71. The Morgan fingerprint density at radius 2 is 1.59 bits per heavy atom. The molecule has 0 aliphatic rings. The van der Waals surface area contributed by atoms with Crippen LogP contribution in [0.2, 0.25) is 10.0 Å². The van der Waals surface area contributed by atoms with E-state index in [9.17, 15) is 31.1 Å². The van der Waals surface area contributed by atoms with Crippen molar-refractivity contribution in [3.05, 3.63) is 43.9 Å². The second-order valence-electron chi connectivity index (χ2n) is 5.19. The highest BCUT2D eigenvalue weighted by atomic mass is 35.5. The summed E-state index contributed by atoms with van der Waals surface area (Å²) >= 11 is 11.7. The van der Waals surface area contributed by atoms with Crippen LogP contribution in [0, 0.1) is 0 Å². The molecule has 0 atom stereocenters. The lowest BCUT2D eigenvalue weighted by molar-refractivity contribution is -0.145. The number of H-pyrrole nitrogens is 1. The molecule has 2 heterocycles. The van der Waals surface area contributed by atoms with E-state index in [0.29, 0.717) is 16.8 Å². The molecule has 14 heteroatoms. The molecule has 0 unspecified atom stereocenters. The molecule has 0 saturated heterocycles. The molecule has 0 radical (unpaired) electrons. The maximum Gasteiger partial charge on any atom is 0.449 e. The van der Waals surface area contributed by atoms with Crippen LogP contribution in [0.3, 0.4) is 0 Å². The number of halogens is 8. The number of hydrogen-bond acceptors (Lipinski definition) is 4. The van der Waals surface area contributed by atoms with Crippen molar-refractivity contribution in [1.82, 2.24) is 19.7 Å². The van der Waals surface area contributed by atoms with Crippen LogP contribution in [-0.4, -0.2) is 19.7 Å². The normalized spacial score (nSPS) is 12.7. The Morgan fingerprint density at radius 1 is 1.04 bits per heavy atom. The maximum atomic E-state index is 12.8. The van der Waals surface area contributed by atoms with E-state index >= 15 is 0 Å². The van der Waals surface area contributed by atoms with Crippen LogP contribution in [-0.2, 0) is 12.4 Å². The van der Waals surface area contributed by atoms with Gasteiger partial charge in [-0.05, 0) is 12.1 Å². The average molecular weight is 432 g/mol. The number of rotatable bonds is 1. The SMILES string of the molecule is Nc1c2c(=O)[nH]c(C(F)(F)F)nc2nn1-c1c(Cl)cc(C(F)(F)F)cc1Cl. The van der Waals surface area contributed by atoms with Gasteiger partial charge >= 0.3 is 12.4 Å². The quantitative estimate of drug-likeness (QED) is 0.569. The second kappa shape index (κ2) is 6.02. The molecule has 27 heavy (non-hydrogen) atoms. The molecule has 0 fully saturated rings. The molecular formula is C13H5Cl2F6N5O. The largest absolute Gasteiger partial charge is 0.449 e. The molecule has 0 bridgehead atoms. The Morgan fingerprint density at radius 3 is 2.07 bits per heavy atom. The van der Waals surface area contributed by atoms with E-state index in [-0.39, 0.29) is 5.69 Å². The van der Waals surface area contributed by atoms with Crippen LogP contribution in [0.1, 0.15) is 11.4 Å². The van der Waals surface area contributed by atoms with Crippen molar-refractivity contribution in [2.45, 2.75) is 12.4 Å². The lowest BCUT2D eigenvalue weighted by Crippen LogP contribution is -2.19. The molecule has 3 aromatic rings. The Hall–Kier alpha value is -2.47. The number of benzene rings is 1. The van der Waals surface area contributed by atoms with Gasteiger partial charge in [0.1, 0.15) is 16.9 Å². The Labute approximate surface area is 154 Å². The summed E-state index contributed by atoms with van der Waals surface area (Å²) in [4.78, 5) is 16.6. The topological polar surface area (TPSA) is 89.6 Å². The van der Waals surface area contributed by atoms with Gasteiger partial charge in [-0.15, -0.1) is 5.10 Å². The summed E-state index contributed by atoms with van der Waals surface area (Å²) in [5.41, 5.74) is 2.27. The van der Waals surface area contributed by atoms with Crippen molar-refractivity contribution in [1.29, 1.82) is 0 Å². The fraction of sp³-hybridized carbons (Fsp3) is 0.154. The molecule has 0 amide bonds. The van der Waals surface area contributed by atoms with Crippen LogP contribution in [0.15, 0.2) is 16.9 Å². The van der Waals surface area contributed by atoms with Gasteiger partial charge in [-0.2, -0.15) is 26.3 Å². The lowest BCUT2D eigenvalue weighted by Gasteiger charge is -2.13. The molecule has 3 rings (SSSR count). The first-order valence-electron chi connectivity index (χ1n) is 6.73.